The summed E-state index contributed by atoms with van der Waals surface area (Å²) in [4.78, 5) is 26.8. The van der Waals surface area contributed by atoms with E-state index in [1.807, 2.05) is 54.6 Å². The monoisotopic (exact) mass is 374 g/mol. The van der Waals surface area contributed by atoms with Crippen LogP contribution in [0.5, 0.6) is 0 Å². The molecule has 4 rings (SSSR count). The Kier molecular flexibility index (Phi) is 5.19. The van der Waals surface area contributed by atoms with Gasteiger partial charge in [0.1, 0.15) is 6.54 Å². The van der Waals surface area contributed by atoms with E-state index in [4.69, 9.17) is 0 Å². The number of nitrogens with zero attached hydrogens (tertiary/aromatic N) is 3. The summed E-state index contributed by atoms with van der Waals surface area (Å²) in [7, 11) is 0. The quantitative estimate of drug-likeness (QED) is 0.745. The third-order valence-electron chi connectivity index (χ3n) is 4.85. The molecule has 1 aliphatic rings. The van der Waals surface area contributed by atoms with Gasteiger partial charge in [-0.05, 0) is 43.2 Å². The molecule has 1 fully saturated rings. The average molecular weight is 374 g/mol. The van der Waals surface area contributed by atoms with Crippen molar-refractivity contribution in [3.05, 3.63) is 77.1 Å². The maximum Gasteiger partial charge on any atom is 0.267 e. The van der Waals surface area contributed by atoms with Crippen molar-refractivity contribution in [1.82, 2.24) is 9.78 Å². The summed E-state index contributed by atoms with van der Waals surface area (Å²) in [5.74, 6) is -0.284. The standard InChI is InChI=1S/C22H22N4O2/c27-21(23-18-8-10-19(11-9-18)25-14-4-5-15-25)16-26-22(28)13-12-20(24-26)17-6-2-1-3-7-17/h1-3,6-13H,4-5,14-16H2,(H,23,27). The molecule has 1 amide bonds. The van der Waals surface area contributed by atoms with Crippen LogP contribution in [0.25, 0.3) is 11.3 Å². The molecule has 0 unspecified atom stereocenters. The molecule has 2 heterocycles. The van der Waals surface area contributed by atoms with Gasteiger partial charge in [-0.2, -0.15) is 5.10 Å². The van der Waals surface area contributed by atoms with Crippen LogP contribution in [0, 0.1) is 0 Å². The molecule has 1 aromatic heterocycles. The molecular formula is C22H22N4O2. The van der Waals surface area contributed by atoms with E-state index >= 15 is 0 Å². The Balaban J connectivity index is 1.44. The molecule has 1 aliphatic heterocycles. The molecule has 142 valence electrons. The lowest BCUT2D eigenvalue weighted by molar-refractivity contribution is -0.117. The van der Waals surface area contributed by atoms with E-state index in [0.717, 1.165) is 18.7 Å². The van der Waals surface area contributed by atoms with Crippen LogP contribution in [-0.4, -0.2) is 28.8 Å². The second kappa shape index (κ2) is 8.08. The summed E-state index contributed by atoms with van der Waals surface area (Å²) in [5.41, 5.74) is 3.13. The lowest BCUT2D eigenvalue weighted by Gasteiger charge is -2.17. The summed E-state index contributed by atoms with van der Waals surface area (Å²) in [6.07, 6.45) is 2.45. The molecule has 1 saturated heterocycles. The zero-order valence-electron chi connectivity index (χ0n) is 15.5. The summed E-state index contributed by atoms with van der Waals surface area (Å²) >= 11 is 0. The van der Waals surface area contributed by atoms with Gasteiger partial charge >= 0.3 is 0 Å². The van der Waals surface area contributed by atoms with Gasteiger partial charge in [0, 0.05) is 36.1 Å². The van der Waals surface area contributed by atoms with Crippen molar-refractivity contribution in [2.24, 2.45) is 0 Å². The molecule has 28 heavy (non-hydrogen) atoms. The molecule has 0 spiro atoms. The van der Waals surface area contributed by atoms with Gasteiger partial charge < -0.3 is 10.2 Å². The number of anilines is 2. The highest BCUT2D eigenvalue weighted by Crippen LogP contribution is 2.22. The Morgan fingerprint density at radius 1 is 0.929 bits per heavy atom. The van der Waals surface area contributed by atoms with Crippen LogP contribution in [-0.2, 0) is 11.3 Å². The Labute approximate surface area is 163 Å². The molecule has 0 radical (unpaired) electrons. The van der Waals surface area contributed by atoms with Gasteiger partial charge in [-0.3, -0.25) is 9.59 Å². The van der Waals surface area contributed by atoms with Gasteiger partial charge in [0.05, 0.1) is 5.69 Å². The van der Waals surface area contributed by atoms with E-state index in [1.165, 1.54) is 29.3 Å². The Hall–Kier alpha value is -3.41. The minimum absolute atomic E-state index is 0.132. The highest BCUT2D eigenvalue weighted by molar-refractivity contribution is 5.90. The van der Waals surface area contributed by atoms with Crippen molar-refractivity contribution < 1.29 is 4.79 Å². The highest BCUT2D eigenvalue weighted by Gasteiger charge is 2.12. The molecule has 0 aliphatic carbocycles. The second-order valence-corrected chi connectivity index (χ2v) is 6.87. The summed E-state index contributed by atoms with van der Waals surface area (Å²) in [5, 5.41) is 7.16. The number of hydrogen-bond acceptors (Lipinski definition) is 4. The van der Waals surface area contributed by atoms with E-state index in [2.05, 4.69) is 15.3 Å². The molecule has 2 aromatic carbocycles. The largest absolute Gasteiger partial charge is 0.372 e. The molecule has 3 aromatic rings. The minimum Gasteiger partial charge on any atom is -0.372 e. The summed E-state index contributed by atoms with van der Waals surface area (Å²) in [6, 6.07) is 20.5. The van der Waals surface area contributed by atoms with E-state index in [-0.39, 0.29) is 18.0 Å². The van der Waals surface area contributed by atoms with Crippen molar-refractivity contribution in [2.75, 3.05) is 23.3 Å². The van der Waals surface area contributed by atoms with Gasteiger partial charge in [0.25, 0.3) is 5.56 Å². The fourth-order valence-electron chi connectivity index (χ4n) is 3.39. The molecule has 1 N–H and O–H groups in total. The predicted octanol–water partition coefficient (Wildman–Crippen LogP) is 3.15. The van der Waals surface area contributed by atoms with Crippen LogP contribution in [0.15, 0.2) is 71.5 Å². The first-order chi connectivity index (χ1) is 13.7. The predicted molar refractivity (Wildman–Crippen MR) is 110 cm³/mol. The maximum absolute atomic E-state index is 12.4. The molecule has 0 atom stereocenters. The van der Waals surface area contributed by atoms with Gasteiger partial charge in [0.2, 0.25) is 5.91 Å². The third-order valence-corrected chi connectivity index (χ3v) is 4.85. The summed E-state index contributed by atoms with van der Waals surface area (Å²) in [6.45, 7) is 2.03. The van der Waals surface area contributed by atoms with E-state index in [0.29, 0.717) is 11.4 Å². The first-order valence-electron chi connectivity index (χ1n) is 9.47. The Morgan fingerprint density at radius 3 is 2.36 bits per heavy atom. The third kappa shape index (κ3) is 4.11. The first kappa shape index (κ1) is 18.0. The van der Waals surface area contributed by atoms with Crippen molar-refractivity contribution in [2.45, 2.75) is 19.4 Å². The van der Waals surface area contributed by atoms with Crippen LogP contribution >= 0.6 is 0 Å². The van der Waals surface area contributed by atoms with Crippen molar-refractivity contribution >= 4 is 17.3 Å². The molecule has 0 bridgehead atoms. The van der Waals surface area contributed by atoms with E-state index in [1.54, 1.807) is 6.07 Å². The van der Waals surface area contributed by atoms with Crippen LogP contribution in [0.2, 0.25) is 0 Å². The highest BCUT2D eigenvalue weighted by atomic mass is 16.2. The van der Waals surface area contributed by atoms with E-state index < -0.39 is 0 Å². The number of rotatable bonds is 5. The zero-order valence-corrected chi connectivity index (χ0v) is 15.5. The number of carbonyl (C=O) groups is 1. The van der Waals surface area contributed by atoms with Gasteiger partial charge in [-0.15, -0.1) is 0 Å². The average Bonchev–Trinajstić information content (AvgIpc) is 3.26. The maximum atomic E-state index is 12.4. The van der Waals surface area contributed by atoms with Crippen LogP contribution < -0.4 is 15.8 Å². The Morgan fingerprint density at radius 2 is 1.64 bits per heavy atom. The van der Waals surface area contributed by atoms with Gasteiger partial charge in [-0.25, -0.2) is 4.68 Å². The van der Waals surface area contributed by atoms with Crippen molar-refractivity contribution in [3.63, 3.8) is 0 Å². The first-order valence-corrected chi connectivity index (χ1v) is 9.47. The number of hydrogen-bond donors (Lipinski definition) is 1. The van der Waals surface area contributed by atoms with Crippen molar-refractivity contribution in [1.29, 1.82) is 0 Å². The number of carbonyl (C=O) groups excluding carboxylic acids is 1. The second-order valence-electron chi connectivity index (χ2n) is 6.87. The lowest BCUT2D eigenvalue weighted by atomic mass is 10.1. The molecule has 6 nitrogen and oxygen atoms in total. The minimum atomic E-state index is -0.306. The lowest BCUT2D eigenvalue weighted by Crippen LogP contribution is -2.29. The zero-order chi connectivity index (χ0) is 19.3. The summed E-state index contributed by atoms with van der Waals surface area (Å²) < 4.78 is 1.19. The van der Waals surface area contributed by atoms with Gasteiger partial charge in [-0.1, -0.05) is 30.3 Å². The topological polar surface area (TPSA) is 67.2 Å². The number of nitrogens with one attached hydrogen (secondary N) is 1. The van der Waals surface area contributed by atoms with E-state index in [9.17, 15) is 9.59 Å². The molecule has 6 heteroatoms. The van der Waals surface area contributed by atoms with Crippen LogP contribution in [0.4, 0.5) is 11.4 Å². The Bertz CT molecular complexity index is 1010. The fraction of sp³-hybridized carbons (Fsp3) is 0.227. The number of aromatic nitrogens is 2. The SMILES string of the molecule is O=C(Cn1nc(-c2ccccc2)ccc1=O)Nc1ccc(N2CCCC2)cc1. The van der Waals surface area contributed by atoms with Crippen LogP contribution in [0.3, 0.4) is 0 Å². The molecular weight excluding hydrogens is 352 g/mol. The smallest absolute Gasteiger partial charge is 0.267 e. The molecule has 0 saturated carbocycles. The number of amides is 1. The fourth-order valence-corrected chi connectivity index (χ4v) is 3.39. The normalized spacial score (nSPS) is 13.5. The van der Waals surface area contributed by atoms with Crippen molar-refractivity contribution in [3.8, 4) is 11.3 Å². The van der Waals surface area contributed by atoms with Gasteiger partial charge in [0.15, 0.2) is 0 Å². The number of benzene rings is 2. The van der Waals surface area contributed by atoms with Crippen LogP contribution in [0.1, 0.15) is 12.8 Å².